The zero-order chi connectivity index (χ0) is 9.52. The molecule has 0 unspecified atom stereocenters. The topological polar surface area (TPSA) is 25.8 Å². The predicted octanol–water partition coefficient (Wildman–Crippen LogP) is 0.392. The molecule has 0 radical (unpaired) electrons. The summed E-state index contributed by atoms with van der Waals surface area (Å²) in [5, 5.41) is 2.09. The van der Waals surface area contributed by atoms with Gasteiger partial charge in [0.05, 0.1) is 7.11 Å². The highest BCUT2D eigenvalue weighted by Crippen LogP contribution is 2.09. The van der Waals surface area contributed by atoms with Gasteiger partial charge in [0.15, 0.2) is 0 Å². The Morgan fingerprint density at radius 2 is 2.08 bits per heavy atom. The van der Waals surface area contributed by atoms with Crippen LogP contribution in [0.3, 0.4) is 0 Å². The molecule has 0 atom stereocenters. The summed E-state index contributed by atoms with van der Waals surface area (Å²) in [6, 6.07) is 8.01. The van der Waals surface area contributed by atoms with Crippen LogP contribution in [0.4, 0.5) is 0 Å². The monoisotopic (exact) mass is 176 g/mol. The number of terminal acetylenes is 1. The second kappa shape index (κ2) is 5.23. The van der Waals surface area contributed by atoms with Crippen LogP contribution in [0.2, 0.25) is 0 Å². The van der Waals surface area contributed by atoms with Gasteiger partial charge in [-0.3, -0.25) is 0 Å². The average Bonchev–Trinajstić information content (AvgIpc) is 2.19. The van der Waals surface area contributed by atoms with E-state index in [4.69, 9.17) is 11.2 Å². The van der Waals surface area contributed by atoms with E-state index >= 15 is 0 Å². The molecule has 1 rings (SSSR count). The van der Waals surface area contributed by atoms with Crippen LogP contribution in [-0.4, -0.2) is 13.7 Å². The number of hydrogen-bond acceptors (Lipinski definition) is 1. The van der Waals surface area contributed by atoms with Crippen LogP contribution >= 0.6 is 0 Å². The van der Waals surface area contributed by atoms with Crippen molar-refractivity contribution in [3.05, 3.63) is 29.8 Å². The molecule has 2 nitrogen and oxygen atoms in total. The van der Waals surface area contributed by atoms with Crippen LogP contribution < -0.4 is 10.1 Å². The van der Waals surface area contributed by atoms with E-state index in [0.29, 0.717) is 0 Å². The third kappa shape index (κ3) is 3.18. The zero-order valence-electron chi connectivity index (χ0n) is 7.79. The van der Waals surface area contributed by atoms with Crippen molar-refractivity contribution < 1.29 is 10.1 Å². The lowest BCUT2D eigenvalue weighted by Gasteiger charge is -2.01. The first-order valence-corrected chi connectivity index (χ1v) is 4.25. The summed E-state index contributed by atoms with van der Waals surface area (Å²) in [6.45, 7) is 1.65. The Morgan fingerprint density at radius 1 is 1.38 bits per heavy atom. The molecule has 0 fully saturated rings. The summed E-state index contributed by atoms with van der Waals surface area (Å²) >= 11 is 0. The zero-order valence-corrected chi connectivity index (χ0v) is 7.79. The normalized spacial score (nSPS) is 9.23. The van der Waals surface area contributed by atoms with Crippen LogP contribution in [0, 0.1) is 12.3 Å². The second-order valence-corrected chi connectivity index (χ2v) is 2.75. The lowest BCUT2D eigenvalue weighted by Crippen LogP contribution is -2.82. The van der Waals surface area contributed by atoms with Gasteiger partial charge in [-0.1, -0.05) is 0 Å². The maximum atomic E-state index is 5.14. The largest absolute Gasteiger partial charge is 0.497 e. The van der Waals surface area contributed by atoms with Gasteiger partial charge >= 0.3 is 0 Å². The molecular formula is C11H14NO+. The lowest BCUT2D eigenvalue weighted by molar-refractivity contribution is -0.660. The smallest absolute Gasteiger partial charge is 0.137 e. The van der Waals surface area contributed by atoms with Crippen molar-refractivity contribution >= 4 is 0 Å². The molecule has 0 saturated heterocycles. The van der Waals surface area contributed by atoms with Gasteiger partial charge in [-0.15, -0.1) is 6.42 Å². The van der Waals surface area contributed by atoms with E-state index in [0.717, 1.165) is 18.8 Å². The minimum atomic E-state index is 0.728. The molecule has 0 spiro atoms. The molecule has 2 heteroatoms. The quantitative estimate of drug-likeness (QED) is 0.521. The van der Waals surface area contributed by atoms with Crippen LogP contribution in [0.1, 0.15) is 5.56 Å². The Balaban J connectivity index is 2.45. The minimum Gasteiger partial charge on any atom is -0.497 e. The summed E-state index contributed by atoms with van der Waals surface area (Å²) < 4.78 is 5.05. The Labute approximate surface area is 78.9 Å². The molecule has 0 saturated carbocycles. The van der Waals surface area contributed by atoms with Gasteiger partial charge in [0.2, 0.25) is 0 Å². The first-order chi connectivity index (χ1) is 6.36. The minimum absolute atomic E-state index is 0.728. The summed E-state index contributed by atoms with van der Waals surface area (Å²) in [5.74, 6) is 3.47. The van der Waals surface area contributed by atoms with Gasteiger partial charge in [0.1, 0.15) is 18.8 Å². The number of quaternary nitrogens is 1. The molecule has 0 aliphatic rings. The highest BCUT2D eigenvalue weighted by Gasteiger charge is 1.94. The average molecular weight is 176 g/mol. The van der Waals surface area contributed by atoms with E-state index < -0.39 is 0 Å². The van der Waals surface area contributed by atoms with E-state index in [1.807, 2.05) is 24.3 Å². The molecule has 0 heterocycles. The Bertz CT molecular complexity index is 284. The number of hydrogen-bond donors (Lipinski definition) is 1. The summed E-state index contributed by atoms with van der Waals surface area (Å²) in [7, 11) is 1.67. The van der Waals surface area contributed by atoms with Crippen molar-refractivity contribution in [3.8, 4) is 18.1 Å². The number of ether oxygens (including phenoxy) is 1. The standard InChI is InChI=1S/C11H13NO/c1-3-8-12-9-10-4-6-11(13-2)7-5-10/h1,4-7,12H,8-9H2,2H3/p+1. The van der Waals surface area contributed by atoms with E-state index in [2.05, 4.69) is 11.2 Å². The first-order valence-electron chi connectivity index (χ1n) is 4.25. The van der Waals surface area contributed by atoms with Gasteiger partial charge in [-0.2, -0.15) is 0 Å². The van der Waals surface area contributed by atoms with E-state index in [1.165, 1.54) is 5.56 Å². The van der Waals surface area contributed by atoms with Gasteiger partial charge in [0, 0.05) is 5.56 Å². The maximum absolute atomic E-state index is 5.14. The van der Waals surface area contributed by atoms with Crippen LogP contribution in [-0.2, 0) is 6.54 Å². The van der Waals surface area contributed by atoms with E-state index in [1.54, 1.807) is 7.11 Å². The van der Waals surface area contributed by atoms with Crippen molar-refractivity contribution in [1.82, 2.24) is 0 Å². The van der Waals surface area contributed by atoms with E-state index in [9.17, 15) is 0 Å². The van der Waals surface area contributed by atoms with Gasteiger partial charge in [-0.05, 0) is 30.2 Å². The molecule has 68 valence electrons. The van der Waals surface area contributed by atoms with Crippen LogP contribution in [0.25, 0.3) is 0 Å². The first kappa shape index (κ1) is 9.63. The SMILES string of the molecule is C#CC[NH2+]Cc1ccc(OC)cc1. The summed E-state index contributed by atoms with van der Waals surface area (Å²) in [4.78, 5) is 0. The summed E-state index contributed by atoms with van der Waals surface area (Å²) in [6.07, 6.45) is 5.14. The number of rotatable bonds is 4. The third-order valence-electron chi connectivity index (χ3n) is 1.80. The van der Waals surface area contributed by atoms with Gasteiger partial charge in [0.25, 0.3) is 0 Å². The van der Waals surface area contributed by atoms with Crippen molar-refractivity contribution in [2.75, 3.05) is 13.7 Å². The Morgan fingerprint density at radius 3 is 2.62 bits per heavy atom. The number of benzene rings is 1. The van der Waals surface area contributed by atoms with Crippen molar-refractivity contribution in [2.24, 2.45) is 0 Å². The fourth-order valence-corrected chi connectivity index (χ4v) is 1.08. The van der Waals surface area contributed by atoms with Gasteiger partial charge in [-0.25, -0.2) is 0 Å². The molecule has 2 N–H and O–H groups in total. The Kier molecular flexibility index (Phi) is 3.87. The summed E-state index contributed by atoms with van der Waals surface area (Å²) in [5.41, 5.74) is 1.26. The molecule has 0 amide bonds. The Hall–Kier alpha value is -1.46. The van der Waals surface area contributed by atoms with Gasteiger partial charge < -0.3 is 10.1 Å². The van der Waals surface area contributed by atoms with Crippen LogP contribution in [0.5, 0.6) is 5.75 Å². The van der Waals surface area contributed by atoms with Crippen molar-refractivity contribution in [1.29, 1.82) is 0 Å². The molecule has 1 aromatic carbocycles. The fraction of sp³-hybridized carbons (Fsp3) is 0.273. The molecule has 0 bridgehead atoms. The predicted molar refractivity (Wildman–Crippen MR) is 52.3 cm³/mol. The fourth-order valence-electron chi connectivity index (χ4n) is 1.08. The van der Waals surface area contributed by atoms with Crippen LogP contribution in [0.15, 0.2) is 24.3 Å². The molecule has 1 aromatic rings. The molecule has 13 heavy (non-hydrogen) atoms. The molecule has 0 aliphatic carbocycles. The second-order valence-electron chi connectivity index (χ2n) is 2.75. The molecule has 0 aromatic heterocycles. The van der Waals surface area contributed by atoms with E-state index in [-0.39, 0.29) is 0 Å². The maximum Gasteiger partial charge on any atom is 0.137 e. The molecule has 0 aliphatic heterocycles. The lowest BCUT2D eigenvalue weighted by atomic mass is 10.2. The highest BCUT2D eigenvalue weighted by molar-refractivity contribution is 5.26. The highest BCUT2D eigenvalue weighted by atomic mass is 16.5. The molecular weight excluding hydrogens is 162 g/mol. The van der Waals surface area contributed by atoms with Crippen molar-refractivity contribution in [3.63, 3.8) is 0 Å². The number of methoxy groups -OCH3 is 1. The number of nitrogens with two attached hydrogens (primary N) is 1. The third-order valence-corrected chi connectivity index (χ3v) is 1.80. The van der Waals surface area contributed by atoms with Crippen molar-refractivity contribution in [2.45, 2.75) is 6.54 Å².